The Kier molecular flexibility index (Phi) is 4.20. The molecule has 2 N–H and O–H groups in total. The Morgan fingerprint density at radius 2 is 2.04 bits per heavy atom. The number of hydrogen-bond acceptors (Lipinski definition) is 5. The van der Waals surface area contributed by atoms with Crippen molar-refractivity contribution >= 4 is 22.7 Å². The molecule has 0 radical (unpaired) electrons. The zero-order valence-corrected chi connectivity index (χ0v) is 14.0. The number of fused-ring (bicyclic) bond motifs is 1. The van der Waals surface area contributed by atoms with Crippen molar-refractivity contribution in [3.8, 4) is 11.1 Å². The lowest BCUT2D eigenvalue weighted by Crippen LogP contribution is -2.11. The number of oxazole rings is 1. The molecule has 7 heteroatoms. The lowest BCUT2D eigenvalue weighted by atomic mass is 10.1. The molecule has 2 heterocycles. The molecule has 7 nitrogen and oxygen atoms in total. The molecule has 0 aliphatic heterocycles. The molecule has 0 aliphatic rings. The highest BCUT2D eigenvalue weighted by atomic mass is 16.5. The third-order valence-corrected chi connectivity index (χ3v) is 3.94. The Morgan fingerprint density at radius 3 is 2.77 bits per heavy atom. The summed E-state index contributed by atoms with van der Waals surface area (Å²) in [6.07, 6.45) is 3.54. The lowest BCUT2D eigenvalue weighted by Gasteiger charge is -2.06. The number of rotatable bonds is 5. The average molecular weight is 348 g/mol. The number of anilines is 1. The smallest absolute Gasteiger partial charge is 0.255 e. The van der Waals surface area contributed by atoms with E-state index < -0.39 is 0 Å². The largest absolute Gasteiger partial charge is 0.438 e. The van der Waals surface area contributed by atoms with E-state index in [4.69, 9.17) is 9.15 Å². The van der Waals surface area contributed by atoms with Gasteiger partial charge in [-0.3, -0.25) is 9.89 Å². The summed E-state index contributed by atoms with van der Waals surface area (Å²) >= 11 is 0. The standard InChI is InChI=1S/C19H16N4O3/c1-25-11-18-23-16-8-15(6-7-17(16)26-18)22-19(24)13-4-2-12(3-5-13)14-9-20-21-10-14/h2-10H,11H2,1H3,(H,20,21)(H,22,24). The van der Waals surface area contributed by atoms with E-state index in [-0.39, 0.29) is 5.91 Å². The number of nitrogens with one attached hydrogen (secondary N) is 2. The Hall–Kier alpha value is -3.45. The summed E-state index contributed by atoms with van der Waals surface area (Å²) in [7, 11) is 1.58. The highest BCUT2D eigenvalue weighted by molar-refractivity contribution is 6.05. The molecule has 0 bridgehead atoms. The van der Waals surface area contributed by atoms with E-state index in [1.807, 2.05) is 12.1 Å². The Labute approximate surface area is 149 Å². The van der Waals surface area contributed by atoms with Gasteiger partial charge in [-0.1, -0.05) is 12.1 Å². The molecule has 2 aromatic carbocycles. The van der Waals surface area contributed by atoms with Crippen LogP contribution in [-0.2, 0) is 11.3 Å². The second-order valence-corrected chi connectivity index (χ2v) is 5.74. The van der Waals surface area contributed by atoms with Crippen molar-refractivity contribution in [2.75, 3.05) is 12.4 Å². The van der Waals surface area contributed by atoms with Gasteiger partial charge in [-0.2, -0.15) is 5.10 Å². The maximum atomic E-state index is 12.5. The van der Waals surface area contributed by atoms with Gasteiger partial charge in [-0.05, 0) is 35.9 Å². The lowest BCUT2D eigenvalue weighted by molar-refractivity contribution is 0.102. The second-order valence-electron chi connectivity index (χ2n) is 5.74. The maximum Gasteiger partial charge on any atom is 0.255 e. The van der Waals surface area contributed by atoms with Crippen LogP contribution in [0, 0.1) is 0 Å². The monoisotopic (exact) mass is 348 g/mol. The van der Waals surface area contributed by atoms with Gasteiger partial charge >= 0.3 is 0 Å². The average Bonchev–Trinajstić information content (AvgIpc) is 3.31. The van der Waals surface area contributed by atoms with Crippen molar-refractivity contribution < 1.29 is 13.9 Å². The number of carbonyl (C=O) groups excluding carboxylic acids is 1. The topological polar surface area (TPSA) is 93.0 Å². The third kappa shape index (κ3) is 3.20. The number of benzene rings is 2. The van der Waals surface area contributed by atoms with Gasteiger partial charge in [0.15, 0.2) is 5.58 Å². The first-order valence-electron chi connectivity index (χ1n) is 8.02. The van der Waals surface area contributed by atoms with Gasteiger partial charge in [0, 0.05) is 30.1 Å². The van der Waals surface area contributed by atoms with Crippen molar-refractivity contribution in [1.29, 1.82) is 0 Å². The SMILES string of the molecule is COCc1nc2cc(NC(=O)c3ccc(-c4cn[nH]c4)cc3)ccc2o1. The fraction of sp³-hybridized carbons (Fsp3) is 0.105. The maximum absolute atomic E-state index is 12.5. The van der Waals surface area contributed by atoms with Gasteiger partial charge in [-0.15, -0.1) is 0 Å². The zero-order valence-electron chi connectivity index (χ0n) is 14.0. The summed E-state index contributed by atoms with van der Waals surface area (Å²) in [5.41, 5.74) is 4.51. The van der Waals surface area contributed by atoms with E-state index >= 15 is 0 Å². The fourth-order valence-corrected chi connectivity index (χ4v) is 2.66. The zero-order chi connectivity index (χ0) is 17.9. The van der Waals surface area contributed by atoms with E-state index in [0.29, 0.717) is 34.8 Å². The van der Waals surface area contributed by atoms with Gasteiger partial charge < -0.3 is 14.5 Å². The van der Waals surface area contributed by atoms with Crippen LogP contribution in [0.1, 0.15) is 16.2 Å². The Bertz CT molecular complexity index is 1040. The predicted molar refractivity (Wildman–Crippen MR) is 96.7 cm³/mol. The molecule has 26 heavy (non-hydrogen) atoms. The second kappa shape index (κ2) is 6.81. The number of aromatic amines is 1. The molecule has 0 fully saturated rings. The van der Waals surface area contributed by atoms with Crippen molar-refractivity contribution in [1.82, 2.24) is 15.2 Å². The molecular weight excluding hydrogens is 332 g/mol. The minimum absolute atomic E-state index is 0.191. The highest BCUT2D eigenvalue weighted by Gasteiger charge is 2.10. The quantitative estimate of drug-likeness (QED) is 0.575. The Morgan fingerprint density at radius 1 is 1.19 bits per heavy atom. The highest BCUT2D eigenvalue weighted by Crippen LogP contribution is 2.22. The molecule has 4 rings (SSSR count). The predicted octanol–water partition coefficient (Wildman–Crippen LogP) is 3.62. The summed E-state index contributed by atoms with van der Waals surface area (Å²) in [5.74, 6) is 0.310. The van der Waals surface area contributed by atoms with Crippen molar-refractivity contribution in [3.63, 3.8) is 0 Å². The molecular formula is C19H16N4O3. The van der Waals surface area contributed by atoms with Gasteiger partial charge in [-0.25, -0.2) is 4.98 Å². The van der Waals surface area contributed by atoms with Crippen molar-refractivity contribution in [3.05, 3.63) is 66.3 Å². The molecule has 0 spiro atoms. The molecule has 0 saturated heterocycles. The summed E-state index contributed by atoms with van der Waals surface area (Å²) in [5, 5.41) is 9.57. The molecule has 1 amide bonds. The Balaban J connectivity index is 1.51. The molecule has 0 saturated carbocycles. The fourth-order valence-electron chi connectivity index (χ4n) is 2.66. The first kappa shape index (κ1) is 16.0. The van der Waals surface area contributed by atoms with Crippen LogP contribution in [0.3, 0.4) is 0 Å². The van der Waals surface area contributed by atoms with E-state index in [1.165, 1.54) is 0 Å². The van der Waals surface area contributed by atoms with Crippen LogP contribution >= 0.6 is 0 Å². The molecule has 0 aliphatic carbocycles. The van der Waals surface area contributed by atoms with Crippen molar-refractivity contribution in [2.45, 2.75) is 6.61 Å². The molecule has 0 atom stereocenters. The number of ether oxygens (including phenoxy) is 1. The van der Waals surface area contributed by atoms with E-state index in [0.717, 1.165) is 11.1 Å². The van der Waals surface area contributed by atoms with Crippen molar-refractivity contribution in [2.24, 2.45) is 0 Å². The number of nitrogens with zero attached hydrogens (tertiary/aromatic N) is 2. The van der Waals surface area contributed by atoms with Crippen LogP contribution in [0.5, 0.6) is 0 Å². The molecule has 4 aromatic rings. The first-order valence-corrected chi connectivity index (χ1v) is 8.02. The summed E-state index contributed by atoms with van der Waals surface area (Å²) < 4.78 is 10.6. The number of methoxy groups -OCH3 is 1. The van der Waals surface area contributed by atoms with E-state index in [1.54, 1.807) is 49.8 Å². The van der Waals surface area contributed by atoms with Crippen LogP contribution < -0.4 is 5.32 Å². The number of H-pyrrole nitrogens is 1. The van der Waals surface area contributed by atoms with Gasteiger partial charge in [0.2, 0.25) is 5.89 Å². The minimum atomic E-state index is -0.191. The van der Waals surface area contributed by atoms with Crippen LogP contribution in [0.25, 0.3) is 22.2 Å². The molecule has 0 unspecified atom stereocenters. The first-order chi connectivity index (χ1) is 12.7. The molecule has 130 valence electrons. The van der Waals surface area contributed by atoms with E-state index in [9.17, 15) is 4.79 Å². The van der Waals surface area contributed by atoms with E-state index in [2.05, 4.69) is 20.5 Å². The number of carbonyl (C=O) groups is 1. The molecule has 2 aromatic heterocycles. The van der Waals surface area contributed by atoms with Crippen LogP contribution in [0.15, 0.2) is 59.3 Å². The summed E-state index contributed by atoms with van der Waals surface area (Å²) in [4.78, 5) is 16.8. The summed E-state index contributed by atoms with van der Waals surface area (Å²) in [6.45, 7) is 0.305. The minimum Gasteiger partial charge on any atom is -0.438 e. The van der Waals surface area contributed by atoms with Gasteiger partial charge in [0.1, 0.15) is 12.1 Å². The van der Waals surface area contributed by atoms with Gasteiger partial charge in [0.05, 0.1) is 6.20 Å². The number of hydrogen-bond donors (Lipinski definition) is 2. The summed E-state index contributed by atoms with van der Waals surface area (Å²) in [6, 6.07) is 12.7. The number of amides is 1. The third-order valence-electron chi connectivity index (χ3n) is 3.94. The normalized spacial score (nSPS) is 11.0. The van der Waals surface area contributed by atoms with Gasteiger partial charge in [0.25, 0.3) is 5.91 Å². The van der Waals surface area contributed by atoms with Crippen LogP contribution in [-0.4, -0.2) is 28.2 Å². The number of aromatic nitrogens is 3. The van der Waals surface area contributed by atoms with Crippen LogP contribution in [0.4, 0.5) is 5.69 Å². The van der Waals surface area contributed by atoms with Crippen LogP contribution in [0.2, 0.25) is 0 Å².